The van der Waals surface area contributed by atoms with Gasteiger partial charge in [-0.1, -0.05) is 30.3 Å². The first-order chi connectivity index (χ1) is 18.2. The van der Waals surface area contributed by atoms with Crippen molar-refractivity contribution in [2.45, 2.75) is 23.8 Å². The normalized spacial score (nSPS) is 15.3. The molecule has 0 spiro atoms. The van der Waals surface area contributed by atoms with Crippen LogP contribution in [0.3, 0.4) is 0 Å². The second kappa shape index (κ2) is 11.2. The molecule has 1 saturated heterocycles. The molecular formula is C27H24N4O6S. The van der Waals surface area contributed by atoms with Crippen molar-refractivity contribution in [3.63, 3.8) is 0 Å². The molecule has 0 radical (unpaired) electrons. The highest BCUT2D eigenvalue weighted by Crippen LogP contribution is 2.27. The number of amides is 3. The summed E-state index contributed by atoms with van der Waals surface area (Å²) in [5, 5.41) is 14.2. The average Bonchev–Trinajstić information content (AvgIpc) is 3.21. The van der Waals surface area contributed by atoms with Gasteiger partial charge in [-0.05, 0) is 60.5 Å². The van der Waals surface area contributed by atoms with Crippen LogP contribution in [0.4, 0.5) is 5.69 Å². The van der Waals surface area contributed by atoms with E-state index in [0.717, 1.165) is 4.90 Å². The molecule has 3 aromatic carbocycles. The van der Waals surface area contributed by atoms with Crippen molar-refractivity contribution in [2.75, 3.05) is 18.1 Å². The summed E-state index contributed by atoms with van der Waals surface area (Å²) in [5.74, 6) is -1.03. The van der Waals surface area contributed by atoms with E-state index in [-0.39, 0.29) is 30.9 Å². The van der Waals surface area contributed by atoms with Crippen LogP contribution in [0.15, 0.2) is 83.8 Å². The van der Waals surface area contributed by atoms with Gasteiger partial charge in [-0.3, -0.25) is 14.4 Å². The second-order valence-electron chi connectivity index (χ2n) is 8.57. The van der Waals surface area contributed by atoms with Crippen LogP contribution in [0.25, 0.3) is 0 Å². The number of anilines is 1. The van der Waals surface area contributed by atoms with Crippen LogP contribution in [-0.4, -0.2) is 50.2 Å². The van der Waals surface area contributed by atoms with Gasteiger partial charge in [0.05, 0.1) is 28.6 Å². The molecule has 1 heterocycles. The quantitative estimate of drug-likeness (QED) is 0.414. The van der Waals surface area contributed by atoms with Crippen LogP contribution in [0.1, 0.15) is 17.5 Å². The summed E-state index contributed by atoms with van der Waals surface area (Å²) in [6.45, 7) is -0.264. The minimum atomic E-state index is -3.85. The van der Waals surface area contributed by atoms with Crippen molar-refractivity contribution in [3.05, 3.63) is 90.0 Å². The number of imide groups is 1. The molecule has 38 heavy (non-hydrogen) atoms. The number of primary sulfonamides is 1. The number of carbonyl (C=O) groups is 3. The minimum Gasteiger partial charge on any atom is -0.484 e. The molecule has 0 aliphatic carbocycles. The second-order valence-corrected chi connectivity index (χ2v) is 10.1. The first kappa shape index (κ1) is 26.5. The molecule has 2 N–H and O–H groups in total. The maximum atomic E-state index is 13.4. The van der Waals surface area contributed by atoms with Gasteiger partial charge >= 0.3 is 0 Å². The number of sulfonamides is 1. The summed E-state index contributed by atoms with van der Waals surface area (Å²) in [6.07, 6.45) is 0.0804. The Balaban J connectivity index is 1.55. The highest BCUT2D eigenvalue weighted by Gasteiger charge is 2.44. The number of para-hydroxylation sites is 1. The summed E-state index contributed by atoms with van der Waals surface area (Å²) in [5.41, 5.74) is 1.40. The number of ether oxygens (including phenoxy) is 1. The lowest BCUT2D eigenvalue weighted by Gasteiger charge is -2.28. The lowest BCUT2D eigenvalue weighted by atomic mass is 10.1. The van der Waals surface area contributed by atoms with Crippen LogP contribution in [0.2, 0.25) is 0 Å². The minimum absolute atomic E-state index is 0.0416. The number of carbonyl (C=O) groups excluding carboxylic acids is 3. The number of hydrogen-bond acceptors (Lipinski definition) is 7. The Bertz CT molecular complexity index is 1480. The maximum Gasteiger partial charge on any atom is 0.261 e. The van der Waals surface area contributed by atoms with Crippen LogP contribution >= 0.6 is 0 Å². The van der Waals surface area contributed by atoms with E-state index in [1.165, 1.54) is 41.3 Å². The number of hydrogen-bond donors (Lipinski definition) is 1. The van der Waals surface area contributed by atoms with E-state index in [2.05, 4.69) is 0 Å². The number of nitrogens with two attached hydrogens (primary N) is 1. The lowest BCUT2D eigenvalue weighted by Crippen LogP contribution is -2.48. The van der Waals surface area contributed by atoms with Crippen molar-refractivity contribution in [3.8, 4) is 11.8 Å². The van der Waals surface area contributed by atoms with Crippen LogP contribution in [0.5, 0.6) is 5.75 Å². The summed E-state index contributed by atoms with van der Waals surface area (Å²) in [7, 11) is -3.85. The van der Waals surface area contributed by atoms with E-state index in [1.54, 1.807) is 36.4 Å². The molecule has 1 fully saturated rings. The first-order valence-corrected chi connectivity index (χ1v) is 13.2. The van der Waals surface area contributed by atoms with Crippen molar-refractivity contribution in [1.82, 2.24) is 4.90 Å². The standard InChI is InChI=1S/C27H24N4O6S/c28-17-20-6-10-21(11-7-20)31-25(32)16-24(27(31)34)30(26(33)18-37-22-4-2-1-3-5-22)15-14-19-8-12-23(13-9-19)38(29,35)36/h1-13,24H,14-16,18H2,(H2,29,35,36). The molecule has 0 bridgehead atoms. The third kappa shape index (κ3) is 6.05. The van der Waals surface area contributed by atoms with Crippen molar-refractivity contribution < 1.29 is 27.5 Å². The third-order valence-electron chi connectivity index (χ3n) is 6.07. The fraction of sp³-hybridized carbons (Fsp3) is 0.185. The molecule has 3 amide bonds. The highest BCUT2D eigenvalue weighted by molar-refractivity contribution is 7.89. The molecular weight excluding hydrogens is 508 g/mol. The van der Waals surface area contributed by atoms with Crippen molar-refractivity contribution in [1.29, 1.82) is 5.26 Å². The number of rotatable bonds is 9. The molecule has 10 nitrogen and oxygen atoms in total. The molecule has 3 aromatic rings. The monoisotopic (exact) mass is 532 g/mol. The molecule has 1 aliphatic rings. The average molecular weight is 533 g/mol. The predicted octanol–water partition coefficient (Wildman–Crippen LogP) is 1.99. The van der Waals surface area contributed by atoms with Gasteiger partial charge in [-0.25, -0.2) is 18.5 Å². The Morgan fingerprint density at radius 1 is 1.03 bits per heavy atom. The van der Waals surface area contributed by atoms with Crippen LogP contribution in [0, 0.1) is 11.3 Å². The topological polar surface area (TPSA) is 151 Å². The molecule has 0 aromatic heterocycles. The number of nitrogens with zero attached hydrogens (tertiary/aromatic N) is 3. The maximum absolute atomic E-state index is 13.4. The number of nitriles is 1. The fourth-order valence-corrected chi connectivity index (χ4v) is 4.63. The van der Waals surface area contributed by atoms with Gasteiger partial charge in [0.25, 0.3) is 11.8 Å². The smallest absolute Gasteiger partial charge is 0.261 e. The molecule has 0 saturated carbocycles. The van der Waals surface area contributed by atoms with Gasteiger partial charge in [0.15, 0.2) is 6.61 Å². The Hall–Kier alpha value is -4.53. The van der Waals surface area contributed by atoms with E-state index in [0.29, 0.717) is 22.6 Å². The fourth-order valence-electron chi connectivity index (χ4n) is 4.11. The molecule has 11 heteroatoms. The SMILES string of the molecule is N#Cc1ccc(N2C(=O)CC(N(CCc3ccc(S(N)(=O)=O)cc3)C(=O)COc3ccccc3)C2=O)cc1. The summed E-state index contributed by atoms with van der Waals surface area (Å²) in [4.78, 5) is 41.8. The zero-order chi connectivity index (χ0) is 27.3. The third-order valence-corrected chi connectivity index (χ3v) is 7.00. The van der Waals surface area contributed by atoms with Crippen molar-refractivity contribution in [2.24, 2.45) is 5.14 Å². The largest absolute Gasteiger partial charge is 0.484 e. The summed E-state index contributed by atoms with van der Waals surface area (Å²) in [6, 6.07) is 21.6. The van der Waals surface area contributed by atoms with Gasteiger partial charge in [-0.15, -0.1) is 0 Å². The zero-order valence-corrected chi connectivity index (χ0v) is 21.0. The number of benzene rings is 3. The highest BCUT2D eigenvalue weighted by atomic mass is 32.2. The Morgan fingerprint density at radius 2 is 1.68 bits per heavy atom. The Labute approximate surface area is 219 Å². The first-order valence-electron chi connectivity index (χ1n) is 11.6. The van der Waals surface area contributed by atoms with E-state index in [4.69, 9.17) is 15.1 Å². The van der Waals surface area contributed by atoms with Crippen LogP contribution < -0.4 is 14.8 Å². The van der Waals surface area contributed by atoms with Gasteiger partial charge in [0.1, 0.15) is 11.8 Å². The molecule has 1 aliphatic heterocycles. The predicted molar refractivity (Wildman–Crippen MR) is 137 cm³/mol. The van der Waals surface area contributed by atoms with Crippen molar-refractivity contribution >= 4 is 33.4 Å². The van der Waals surface area contributed by atoms with Gasteiger partial charge in [0, 0.05) is 6.54 Å². The van der Waals surface area contributed by atoms with Gasteiger partial charge in [-0.2, -0.15) is 5.26 Å². The summed E-state index contributed by atoms with van der Waals surface area (Å²) < 4.78 is 28.7. The Morgan fingerprint density at radius 3 is 2.29 bits per heavy atom. The summed E-state index contributed by atoms with van der Waals surface area (Å²) >= 11 is 0. The van der Waals surface area contributed by atoms with Gasteiger partial charge < -0.3 is 9.64 Å². The van der Waals surface area contributed by atoms with E-state index in [1.807, 2.05) is 12.1 Å². The molecule has 1 atom stereocenters. The Kier molecular flexibility index (Phi) is 7.85. The molecule has 1 unspecified atom stereocenters. The van der Waals surface area contributed by atoms with Crippen LogP contribution in [-0.2, 0) is 30.8 Å². The van der Waals surface area contributed by atoms with E-state index in [9.17, 15) is 22.8 Å². The zero-order valence-electron chi connectivity index (χ0n) is 20.2. The van der Waals surface area contributed by atoms with Gasteiger partial charge in [0.2, 0.25) is 15.9 Å². The van der Waals surface area contributed by atoms with E-state index >= 15 is 0 Å². The molecule has 194 valence electrons. The van der Waals surface area contributed by atoms with E-state index < -0.39 is 33.8 Å². The molecule has 4 rings (SSSR count). The lowest BCUT2D eigenvalue weighted by molar-refractivity contribution is -0.140.